The van der Waals surface area contributed by atoms with Crippen LogP contribution in [-0.2, 0) is 4.74 Å². The minimum atomic E-state index is -0.168. The van der Waals surface area contributed by atoms with Gasteiger partial charge < -0.3 is 9.84 Å². The molecule has 3 aliphatic rings. The van der Waals surface area contributed by atoms with E-state index in [9.17, 15) is 5.11 Å². The van der Waals surface area contributed by atoms with Crippen molar-refractivity contribution in [2.45, 2.75) is 45.5 Å². The van der Waals surface area contributed by atoms with E-state index in [1.54, 1.807) is 0 Å². The molecule has 2 bridgehead atoms. The fourth-order valence-electron chi connectivity index (χ4n) is 3.67. The molecule has 2 heteroatoms. The second-order valence-corrected chi connectivity index (χ2v) is 5.56. The summed E-state index contributed by atoms with van der Waals surface area (Å²) >= 11 is 0. The van der Waals surface area contributed by atoms with E-state index in [4.69, 9.17) is 4.74 Å². The summed E-state index contributed by atoms with van der Waals surface area (Å²) in [5.74, 6) is 0.600. The molecule has 2 saturated carbocycles. The molecule has 3 rings (SSSR count). The lowest BCUT2D eigenvalue weighted by molar-refractivity contribution is -0.0248. The zero-order valence-electron chi connectivity index (χ0n) is 7.87. The van der Waals surface area contributed by atoms with Gasteiger partial charge in [-0.05, 0) is 17.8 Å². The minimum absolute atomic E-state index is 0.0683. The molecule has 3 fully saturated rings. The van der Waals surface area contributed by atoms with Crippen molar-refractivity contribution < 1.29 is 9.84 Å². The lowest BCUT2D eigenvalue weighted by Gasteiger charge is -2.36. The van der Waals surface area contributed by atoms with Crippen molar-refractivity contribution in [1.82, 2.24) is 0 Å². The first-order valence-corrected chi connectivity index (χ1v) is 4.81. The molecule has 1 N–H and O–H groups in total. The molecule has 2 nitrogen and oxygen atoms in total. The number of ether oxygens (including phenoxy) is 1. The van der Waals surface area contributed by atoms with E-state index in [1.807, 2.05) is 0 Å². The van der Waals surface area contributed by atoms with Crippen LogP contribution in [0.5, 0.6) is 0 Å². The van der Waals surface area contributed by atoms with E-state index in [2.05, 4.69) is 20.8 Å². The van der Waals surface area contributed by atoms with Crippen molar-refractivity contribution in [1.29, 1.82) is 0 Å². The molecular weight excluding hydrogens is 152 g/mol. The van der Waals surface area contributed by atoms with Crippen molar-refractivity contribution in [3.05, 3.63) is 0 Å². The monoisotopic (exact) mass is 168 g/mol. The van der Waals surface area contributed by atoms with Crippen LogP contribution in [-0.4, -0.2) is 23.4 Å². The Labute approximate surface area is 72.9 Å². The van der Waals surface area contributed by atoms with Crippen LogP contribution < -0.4 is 0 Å². The highest BCUT2D eigenvalue weighted by molar-refractivity contribution is 5.23. The first-order chi connectivity index (χ1) is 5.48. The molecule has 12 heavy (non-hydrogen) atoms. The number of aliphatic hydroxyl groups excluding tert-OH is 1. The summed E-state index contributed by atoms with van der Waals surface area (Å²) in [6, 6.07) is 0. The SMILES string of the molecule is CC1(C)C(O)[C@]2(C)C[C@H]1C1OC12. The summed E-state index contributed by atoms with van der Waals surface area (Å²) in [5.41, 5.74) is 0.144. The van der Waals surface area contributed by atoms with Crippen LogP contribution in [0.1, 0.15) is 27.2 Å². The van der Waals surface area contributed by atoms with Gasteiger partial charge in [0.25, 0.3) is 0 Å². The third-order valence-corrected chi connectivity index (χ3v) is 4.52. The summed E-state index contributed by atoms with van der Waals surface area (Å²) < 4.78 is 5.59. The number of fused-ring (bicyclic) bond motifs is 5. The molecule has 1 heterocycles. The predicted molar refractivity (Wildman–Crippen MR) is 44.7 cm³/mol. The first-order valence-electron chi connectivity index (χ1n) is 4.81. The lowest BCUT2D eigenvalue weighted by Crippen LogP contribution is -2.44. The quantitative estimate of drug-likeness (QED) is 0.551. The lowest BCUT2D eigenvalue weighted by atomic mass is 9.70. The van der Waals surface area contributed by atoms with Crippen LogP contribution in [0.4, 0.5) is 0 Å². The topological polar surface area (TPSA) is 32.8 Å². The highest BCUT2D eigenvalue weighted by Crippen LogP contribution is 2.69. The Kier molecular flexibility index (Phi) is 0.978. The van der Waals surface area contributed by atoms with Crippen LogP contribution in [0.15, 0.2) is 0 Å². The number of hydrogen-bond donors (Lipinski definition) is 1. The smallest absolute Gasteiger partial charge is 0.0923 e. The fraction of sp³-hybridized carbons (Fsp3) is 1.00. The Morgan fingerprint density at radius 3 is 2.50 bits per heavy atom. The van der Waals surface area contributed by atoms with Crippen LogP contribution in [0.2, 0.25) is 0 Å². The summed E-state index contributed by atoms with van der Waals surface area (Å²) in [7, 11) is 0. The molecule has 1 saturated heterocycles. The number of aliphatic hydroxyl groups is 1. The summed E-state index contributed by atoms with van der Waals surface area (Å²) in [6.07, 6.45) is 1.86. The molecule has 0 radical (unpaired) electrons. The van der Waals surface area contributed by atoms with Crippen molar-refractivity contribution in [2.75, 3.05) is 0 Å². The molecule has 0 amide bonds. The molecule has 0 aromatic carbocycles. The molecule has 0 spiro atoms. The predicted octanol–water partition coefficient (Wildman–Crippen LogP) is 1.18. The number of rotatable bonds is 0. The maximum atomic E-state index is 10.1. The zero-order valence-corrected chi connectivity index (χ0v) is 7.87. The van der Waals surface area contributed by atoms with Crippen LogP contribution >= 0.6 is 0 Å². The standard InChI is InChI=1S/C10H16O2/c1-9(2)5-4-10(3,8(9)11)7-6(5)12-7/h5-8,11H,4H2,1-3H3/t5-,6?,7?,8?,10+/m0/s1. The summed E-state index contributed by atoms with van der Waals surface area (Å²) in [4.78, 5) is 0. The maximum Gasteiger partial charge on any atom is 0.0923 e. The van der Waals surface area contributed by atoms with Crippen molar-refractivity contribution in [3.63, 3.8) is 0 Å². The van der Waals surface area contributed by atoms with E-state index in [-0.39, 0.29) is 16.9 Å². The molecule has 1 aliphatic heterocycles. The molecule has 2 aliphatic carbocycles. The Hall–Kier alpha value is -0.0800. The maximum absolute atomic E-state index is 10.1. The number of epoxide rings is 1. The van der Waals surface area contributed by atoms with Crippen molar-refractivity contribution in [3.8, 4) is 0 Å². The Balaban J connectivity index is 2.08. The van der Waals surface area contributed by atoms with Gasteiger partial charge in [0.2, 0.25) is 0 Å². The van der Waals surface area contributed by atoms with Crippen LogP contribution in [0.3, 0.4) is 0 Å². The van der Waals surface area contributed by atoms with Crippen LogP contribution in [0, 0.1) is 16.7 Å². The third-order valence-electron chi connectivity index (χ3n) is 4.52. The van der Waals surface area contributed by atoms with Gasteiger partial charge in [-0.25, -0.2) is 0 Å². The molecule has 0 aromatic rings. The highest BCUT2D eigenvalue weighted by Gasteiger charge is 2.75. The van der Waals surface area contributed by atoms with Crippen molar-refractivity contribution in [2.24, 2.45) is 16.7 Å². The van der Waals surface area contributed by atoms with Gasteiger partial charge in [-0.2, -0.15) is 0 Å². The van der Waals surface area contributed by atoms with Gasteiger partial charge in [-0.3, -0.25) is 0 Å². The van der Waals surface area contributed by atoms with Gasteiger partial charge >= 0.3 is 0 Å². The summed E-state index contributed by atoms with van der Waals surface area (Å²) in [5, 5.41) is 10.1. The Morgan fingerprint density at radius 2 is 2.00 bits per heavy atom. The van der Waals surface area contributed by atoms with Gasteiger partial charge in [0.15, 0.2) is 0 Å². The minimum Gasteiger partial charge on any atom is -0.392 e. The Bertz CT molecular complexity index is 244. The zero-order chi connectivity index (χ0) is 8.72. The highest BCUT2D eigenvalue weighted by atomic mass is 16.6. The first kappa shape index (κ1) is 7.34. The average molecular weight is 168 g/mol. The second-order valence-electron chi connectivity index (χ2n) is 5.56. The third kappa shape index (κ3) is 0.521. The molecular formula is C10H16O2. The van der Waals surface area contributed by atoms with Gasteiger partial charge in [-0.1, -0.05) is 20.8 Å². The average Bonchev–Trinajstić information content (AvgIpc) is 2.68. The van der Waals surface area contributed by atoms with Crippen molar-refractivity contribution >= 4 is 0 Å². The van der Waals surface area contributed by atoms with E-state index in [0.29, 0.717) is 18.1 Å². The molecule has 5 atom stereocenters. The van der Waals surface area contributed by atoms with E-state index in [1.165, 1.54) is 0 Å². The number of hydrogen-bond acceptors (Lipinski definition) is 2. The fourth-order valence-corrected chi connectivity index (χ4v) is 3.67. The second kappa shape index (κ2) is 1.60. The van der Waals surface area contributed by atoms with Gasteiger partial charge in [0.05, 0.1) is 18.3 Å². The van der Waals surface area contributed by atoms with E-state index in [0.717, 1.165) is 6.42 Å². The van der Waals surface area contributed by atoms with Gasteiger partial charge in [-0.15, -0.1) is 0 Å². The molecule has 68 valence electrons. The molecule has 3 unspecified atom stereocenters. The van der Waals surface area contributed by atoms with E-state index >= 15 is 0 Å². The Morgan fingerprint density at radius 1 is 1.33 bits per heavy atom. The van der Waals surface area contributed by atoms with Crippen LogP contribution in [0.25, 0.3) is 0 Å². The van der Waals surface area contributed by atoms with Gasteiger partial charge in [0, 0.05) is 5.41 Å². The summed E-state index contributed by atoms with van der Waals surface area (Å²) in [6.45, 7) is 6.52. The van der Waals surface area contributed by atoms with E-state index < -0.39 is 0 Å². The largest absolute Gasteiger partial charge is 0.392 e. The molecule has 0 aromatic heterocycles. The normalized spacial score (nSPS) is 65.0. The van der Waals surface area contributed by atoms with Gasteiger partial charge in [0.1, 0.15) is 0 Å².